The number of pyridine rings is 1. The summed E-state index contributed by atoms with van der Waals surface area (Å²) < 4.78 is 5.59. The first kappa shape index (κ1) is 21.0. The summed E-state index contributed by atoms with van der Waals surface area (Å²) in [5.74, 6) is 1.50. The van der Waals surface area contributed by atoms with Gasteiger partial charge in [0.2, 0.25) is 0 Å². The van der Waals surface area contributed by atoms with Gasteiger partial charge in [0.05, 0.1) is 5.69 Å². The van der Waals surface area contributed by atoms with Gasteiger partial charge in [0.1, 0.15) is 5.76 Å². The van der Waals surface area contributed by atoms with Crippen molar-refractivity contribution in [2.24, 2.45) is 11.3 Å². The molecule has 1 fully saturated rings. The van der Waals surface area contributed by atoms with Crippen LogP contribution in [0.15, 0.2) is 22.7 Å². The third-order valence-corrected chi connectivity index (χ3v) is 6.67. The van der Waals surface area contributed by atoms with E-state index in [1.807, 2.05) is 17.9 Å². The Hall–Kier alpha value is -2.21. The van der Waals surface area contributed by atoms with Crippen LogP contribution in [0.25, 0.3) is 0 Å². The standard InChI is InChI=1S/C24H34N4O2/c1-17-7-5-8-19(25-17)16-27-11-6-12-28(14-13-27)23(29)22-20-15-18(24(2,3)4)9-10-21(20)30-26-22/h5,7-8,18H,6,9-16H2,1-4H3/t18-/m1/s1. The summed E-state index contributed by atoms with van der Waals surface area (Å²) in [4.78, 5) is 22.3. The van der Waals surface area contributed by atoms with Crippen molar-refractivity contribution in [2.45, 2.75) is 59.9 Å². The van der Waals surface area contributed by atoms with E-state index in [2.05, 4.69) is 47.9 Å². The number of carbonyl (C=O) groups is 1. The van der Waals surface area contributed by atoms with Crippen molar-refractivity contribution in [3.05, 3.63) is 46.6 Å². The van der Waals surface area contributed by atoms with Gasteiger partial charge in [-0.15, -0.1) is 0 Å². The maximum atomic E-state index is 13.3. The van der Waals surface area contributed by atoms with Crippen molar-refractivity contribution in [3.8, 4) is 0 Å². The average Bonchev–Trinajstić information content (AvgIpc) is 2.98. The minimum Gasteiger partial charge on any atom is -0.360 e. The molecule has 3 heterocycles. The second-order valence-corrected chi connectivity index (χ2v) is 9.93. The van der Waals surface area contributed by atoms with Gasteiger partial charge in [0, 0.05) is 50.4 Å². The zero-order chi connectivity index (χ0) is 21.3. The monoisotopic (exact) mass is 410 g/mol. The highest BCUT2D eigenvalue weighted by Crippen LogP contribution is 2.38. The van der Waals surface area contributed by atoms with Crippen molar-refractivity contribution < 1.29 is 9.32 Å². The second-order valence-electron chi connectivity index (χ2n) is 9.93. The summed E-state index contributed by atoms with van der Waals surface area (Å²) in [7, 11) is 0. The Kier molecular flexibility index (Phi) is 5.96. The van der Waals surface area contributed by atoms with E-state index in [9.17, 15) is 4.79 Å². The summed E-state index contributed by atoms with van der Waals surface area (Å²) in [6.07, 6.45) is 3.84. The predicted octanol–water partition coefficient (Wildman–Crippen LogP) is 3.88. The third-order valence-electron chi connectivity index (χ3n) is 6.67. The van der Waals surface area contributed by atoms with Gasteiger partial charge in [-0.3, -0.25) is 14.7 Å². The zero-order valence-electron chi connectivity index (χ0n) is 18.8. The van der Waals surface area contributed by atoms with Crippen LogP contribution in [-0.4, -0.2) is 52.0 Å². The Bertz CT molecular complexity index is 899. The van der Waals surface area contributed by atoms with Gasteiger partial charge in [-0.2, -0.15) is 0 Å². The number of hydrogen-bond acceptors (Lipinski definition) is 5. The van der Waals surface area contributed by atoms with Gasteiger partial charge < -0.3 is 9.42 Å². The Balaban J connectivity index is 1.42. The quantitative estimate of drug-likeness (QED) is 0.768. The first-order chi connectivity index (χ1) is 14.3. The number of hydrogen-bond donors (Lipinski definition) is 0. The molecule has 1 atom stereocenters. The Morgan fingerprint density at radius 3 is 2.80 bits per heavy atom. The molecule has 1 amide bonds. The number of nitrogens with zero attached hydrogens (tertiary/aromatic N) is 4. The molecule has 0 radical (unpaired) electrons. The summed E-state index contributed by atoms with van der Waals surface area (Å²) in [5, 5.41) is 4.23. The van der Waals surface area contributed by atoms with E-state index in [4.69, 9.17) is 4.52 Å². The summed E-state index contributed by atoms with van der Waals surface area (Å²) in [6, 6.07) is 6.16. The maximum Gasteiger partial charge on any atom is 0.276 e. The number of amides is 1. The summed E-state index contributed by atoms with van der Waals surface area (Å²) in [5.41, 5.74) is 3.96. The van der Waals surface area contributed by atoms with Crippen LogP contribution in [0.2, 0.25) is 0 Å². The van der Waals surface area contributed by atoms with Crippen LogP contribution in [0.1, 0.15) is 66.8 Å². The van der Waals surface area contributed by atoms with Crippen LogP contribution in [0.4, 0.5) is 0 Å². The average molecular weight is 411 g/mol. The SMILES string of the molecule is Cc1cccc(CN2CCCN(C(=O)c3noc4c3C[C@H](C(C)(C)C)CC4)CC2)n1. The molecule has 0 bridgehead atoms. The molecular weight excluding hydrogens is 376 g/mol. The molecule has 0 N–H and O–H groups in total. The van der Waals surface area contributed by atoms with Crippen LogP contribution >= 0.6 is 0 Å². The van der Waals surface area contributed by atoms with Gasteiger partial charge in [0.25, 0.3) is 5.91 Å². The molecule has 4 rings (SSSR count). The lowest BCUT2D eigenvalue weighted by Crippen LogP contribution is -2.36. The molecule has 1 aliphatic carbocycles. The molecule has 162 valence electrons. The largest absolute Gasteiger partial charge is 0.360 e. The fraction of sp³-hybridized carbons (Fsp3) is 0.625. The number of rotatable bonds is 3. The van der Waals surface area contributed by atoms with E-state index in [0.717, 1.165) is 81.1 Å². The summed E-state index contributed by atoms with van der Waals surface area (Å²) in [6.45, 7) is 13.0. The number of aromatic nitrogens is 2. The van der Waals surface area contributed by atoms with Crippen LogP contribution in [0.3, 0.4) is 0 Å². The number of carbonyl (C=O) groups excluding carboxylic acids is 1. The van der Waals surface area contributed by atoms with Gasteiger partial charge >= 0.3 is 0 Å². The molecule has 2 aromatic heterocycles. The highest BCUT2D eigenvalue weighted by atomic mass is 16.5. The van der Waals surface area contributed by atoms with Crippen LogP contribution in [0.5, 0.6) is 0 Å². The van der Waals surface area contributed by atoms with Crippen molar-refractivity contribution in [1.82, 2.24) is 19.9 Å². The highest BCUT2D eigenvalue weighted by Gasteiger charge is 2.35. The van der Waals surface area contributed by atoms with Crippen molar-refractivity contribution >= 4 is 5.91 Å². The van der Waals surface area contributed by atoms with Gasteiger partial charge in [-0.25, -0.2) is 0 Å². The molecular formula is C24H34N4O2. The minimum atomic E-state index is 0.0325. The molecule has 1 aliphatic heterocycles. The first-order valence-corrected chi connectivity index (χ1v) is 11.2. The van der Waals surface area contributed by atoms with E-state index >= 15 is 0 Å². The fourth-order valence-electron chi connectivity index (χ4n) is 4.71. The first-order valence-electron chi connectivity index (χ1n) is 11.2. The molecule has 1 saturated heterocycles. The lowest BCUT2D eigenvalue weighted by molar-refractivity contribution is 0.0749. The van der Waals surface area contributed by atoms with Gasteiger partial charge in [-0.1, -0.05) is 32.0 Å². The van der Waals surface area contributed by atoms with E-state index in [1.54, 1.807) is 0 Å². The Morgan fingerprint density at radius 1 is 1.20 bits per heavy atom. The molecule has 0 spiro atoms. The number of fused-ring (bicyclic) bond motifs is 1. The van der Waals surface area contributed by atoms with Crippen molar-refractivity contribution in [1.29, 1.82) is 0 Å². The second kappa shape index (κ2) is 8.50. The molecule has 6 nitrogen and oxygen atoms in total. The van der Waals surface area contributed by atoms with Crippen molar-refractivity contribution in [3.63, 3.8) is 0 Å². The molecule has 0 unspecified atom stereocenters. The Morgan fingerprint density at radius 2 is 2.03 bits per heavy atom. The molecule has 2 aliphatic rings. The Labute approximate surface area is 179 Å². The van der Waals surface area contributed by atoms with Crippen molar-refractivity contribution in [2.75, 3.05) is 26.2 Å². The lowest BCUT2D eigenvalue weighted by Gasteiger charge is -2.33. The van der Waals surface area contributed by atoms with E-state index < -0.39 is 0 Å². The molecule has 6 heteroatoms. The minimum absolute atomic E-state index is 0.0325. The van der Waals surface area contributed by atoms with Gasteiger partial charge in [0.15, 0.2) is 5.69 Å². The van der Waals surface area contributed by atoms with E-state index in [0.29, 0.717) is 11.6 Å². The molecule has 2 aromatic rings. The smallest absolute Gasteiger partial charge is 0.276 e. The maximum absolute atomic E-state index is 13.3. The predicted molar refractivity (Wildman–Crippen MR) is 116 cm³/mol. The van der Waals surface area contributed by atoms with E-state index in [1.165, 1.54) is 0 Å². The summed E-state index contributed by atoms with van der Waals surface area (Å²) >= 11 is 0. The number of aryl methyl sites for hydroxylation is 2. The molecule has 0 aromatic carbocycles. The highest BCUT2D eigenvalue weighted by molar-refractivity contribution is 5.94. The van der Waals surface area contributed by atoms with Gasteiger partial charge in [-0.05, 0) is 49.7 Å². The third kappa shape index (κ3) is 4.59. The zero-order valence-corrected chi connectivity index (χ0v) is 18.8. The van der Waals surface area contributed by atoms with E-state index in [-0.39, 0.29) is 11.3 Å². The lowest BCUT2D eigenvalue weighted by atomic mass is 9.71. The normalized spacial score (nSPS) is 20.7. The topological polar surface area (TPSA) is 62.5 Å². The van der Waals surface area contributed by atoms with Crippen LogP contribution in [-0.2, 0) is 19.4 Å². The van der Waals surface area contributed by atoms with Crippen LogP contribution < -0.4 is 0 Å². The van der Waals surface area contributed by atoms with Crippen LogP contribution in [0, 0.1) is 18.3 Å². The molecule has 30 heavy (non-hydrogen) atoms. The fourth-order valence-corrected chi connectivity index (χ4v) is 4.71. The molecule has 0 saturated carbocycles.